The van der Waals surface area contributed by atoms with E-state index in [0.717, 1.165) is 19.4 Å². The average molecular weight is 348 g/mol. The first-order valence-corrected chi connectivity index (χ1v) is 8.25. The highest BCUT2D eigenvalue weighted by molar-refractivity contribution is 6.35. The molecule has 0 aromatic heterocycles. The van der Waals surface area contributed by atoms with Gasteiger partial charge in [-0.3, -0.25) is 4.90 Å². The molecule has 0 radical (unpaired) electrons. The minimum Gasteiger partial charge on any atom is -0.489 e. The largest absolute Gasteiger partial charge is 0.489 e. The Morgan fingerprint density at radius 1 is 1.41 bits per heavy atom. The molecular weight excluding hydrogens is 325 g/mol. The van der Waals surface area contributed by atoms with Crippen LogP contribution in [0.1, 0.15) is 26.7 Å². The van der Waals surface area contributed by atoms with Gasteiger partial charge in [-0.05, 0) is 51.4 Å². The van der Waals surface area contributed by atoms with Crippen LogP contribution in [0.3, 0.4) is 0 Å². The summed E-state index contributed by atoms with van der Waals surface area (Å²) >= 11 is 11.9. The van der Waals surface area contributed by atoms with Crippen molar-refractivity contribution in [2.45, 2.75) is 44.4 Å². The molecule has 1 aromatic rings. The van der Waals surface area contributed by atoms with Gasteiger partial charge in [0, 0.05) is 17.6 Å². The first-order chi connectivity index (χ1) is 10.3. The Hall–Kier alpha value is -0.520. The number of ether oxygens (including phenoxy) is 1. The lowest BCUT2D eigenvalue weighted by molar-refractivity contribution is -0.0210. The molecule has 22 heavy (non-hydrogen) atoms. The first-order valence-electron chi connectivity index (χ1n) is 7.49. The number of likely N-dealkylation sites (tertiary alicyclic amines) is 1. The van der Waals surface area contributed by atoms with Crippen molar-refractivity contribution in [3.05, 3.63) is 28.2 Å². The quantitative estimate of drug-likeness (QED) is 0.830. The predicted molar refractivity (Wildman–Crippen MR) is 88.9 cm³/mol. The molecule has 1 aliphatic rings. The number of aliphatic hydroxyl groups excluding tert-OH is 1. The van der Waals surface area contributed by atoms with Gasteiger partial charge in [-0.2, -0.15) is 0 Å². The fraction of sp³-hybridized carbons (Fsp3) is 0.625. The molecule has 2 rings (SSSR count). The molecule has 1 fully saturated rings. The summed E-state index contributed by atoms with van der Waals surface area (Å²) in [4.78, 5) is 2.12. The van der Waals surface area contributed by atoms with Crippen LogP contribution in [0.2, 0.25) is 10.0 Å². The van der Waals surface area contributed by atoms with Gasteiger partial charge in [-0.15, -0.1) is 0 Å². The molecule has 1 aromatic carbocycles. The van der Waals surface area contributed by atoms with E-state index in [0.29, 0.717) is 22.3 Å². The van der Waals surface area contributed by atoms with Crippen molar-refractivity contribution in [2.24, 2.45) is 0 Å². The molecule has 4 nitrogen and oxygen atoms in total. The number of aliphatic hydroxyl groups is 2. The van der Waals surface area contributed by atoms with E-state index in [1.165, 1.54) is 0 Å². The summed E-state index contributed by atoms with van der Waals surface area (Å²) in [6, 6.07) is 5.06. The minimum atomic E-state index is -0.767. The molecule has 1 aliphatic heterocycles. The van der Waals surface area contributed by atoms with Crippen molar-refractivity contribution >= 4 is 23.2 Å². The average Bonchev–Trinajstić information content (AvgIpc) is 2.85. The standard InChI is InChI=1S/C16H23Cl2NO3/c1-16(2,21)15-4-3-7-19(15)9-12(20)10-22-14-6-5-11(17)8-13(14)18/h5-6,8,12,15,20-21H,3-4,7,9-10H2,1-2H3. The molecule has 1 heterocycles. The van der Waals surface area contributed by atoms with Crippen LogP contribution in [0, 0.1) is 0 Å². The topological polar surface area (TPSA) is 52.9 Å². The van der Waals surface area contributed by atoms with Crippen LogP contribution >= 0.6 is 23.2 Å². The molecule has 124 valence electrons. The van der Waals surface area contributed by atoms with Crippen LogP contribution in [0.25, 0.3) is 0 Å². The summed E-state index contributed by atoms with van der Waals surface area (Å²) in [5.41, 5.74) is -0.767. The smallest absolute Gasteiger partial charge is 0.138 e. The molecule has 1 saturated heterocycles. The SMILES string of the molecule is CC(C)(O)C1CCCN1CC(O)COc1ccc(Cl)cc1Cl. The number of rotatable bonds is 6. The van der Waals surface area contributed by atoms with Crippen molar-refractivity contribution in [2.75, 3.05) is 19.7 Å². The fourth-order valence-corrected chi connectivity index (χ4v) is 3.41. The highest BCUT2D eigenvalue weighted by Crippen LogP contribution is 2.28. The van der Waals surface area contributed by atoms with E-state index >= 15 is 0 Å². The van der Waals surface area contributed by atoms with Crippen LogP contribution < -0.4 is 4.74 Å². The van der Waals surface area contributed by atoms with E-state index in [1.54, 1.807) is 18.2 Å². The van der Waals surface area contributed by atoms with Crippen molar-refractivity contribution < 1.29 is 14.9 Å². The summed E-state index contributed by atoms with van der Waals surface area (Å²) in [7, 11) is 0. The van der Waals surface area contributed by atoms with Crippen LogP contribution in [-0.4, -0.2) is 52.6 Å². The summed E-state index contributed by atoms with van der Waals surface area (Å²) < 4.78 is 5.55. The molecule has 2 N–H and O–H groups in total. The van der Waals surface area contributed by atoms with E-state index in [2.05, 4.69) is 4.90 Å². The second-order valence-electron chi connectivity index (χ2n) is 6.35. The van der Waals surface area contributed by atoms with Crippen LogP contribution in [-0.2, 0) is 0 Å². The number of hydrogen-bond donors (Lipinski definition) is 2. The first kappa shape index (κ1) is 17.8. The van der Waals surface area contributed by atoms with Crippen LogP contribution in [0.4, 0.5) is 0 Å². The number of halogens is 2. The van der Waals surface area contributed by atoms with Gasteiger partial charge in [-0.25, -0.2) is 0 Å². The second-order valence-corrected chi connectivity index (χ2v) is 7.19. The van der Waals surface area contributed by atoms with Gasteiger partial charge in [0.15, 0.2) is 0 Å². The Morgan fingerprint density at radius 2 is 2.14 bits per heavy atom. The van der Waals surface area contributed by atoms with E-state index < -0.39 is 11.7 Å². The minimum absolute atomic E-state index is 0.0706. The maximum Gasteiger partial charge on any atom is 0.138 e. The second kappa shape index (κ2) is 7.37. The monoisotopic (exact) mass is 347 g/mol. The van der Waals surface area contributed by atoms with E-state index in [1.807, 2.05) is 13.8 Å². The molecule has 0 bridgehead atoms. The van der Waals surface area contributed by atoms with Gasteiger partial charge < -0.3 is 14.9 Å². The molecule has 0 amide bonds. The number of nitrogens with zero attached hydrogens (tertiary/aromatic N) is 1. The summed E-state index contributed by atoms with van der Waals surface area (Å²) in [5.74, 6) is 0.505. The Balaban J connectivity index is 1.86. The predicted octanol–water partition coefficient (Wildman–Crippen LogP) is 2.97. The molecule has 6 heteroatoms. The van der Waals surface area contributed by atoms with Crippen LogP contribution in [0.15, 0.2) is 18.2 Å². The Kier molecular flexibility index (Phi) is 5.97. The lowest BCUT2D eigenvalue weighted by Gasteiger charge is -2.34. The lowest BCUT2D eigenvalue weighted by atomic mass is 9.96. The van der Waals surface area contributed by atoms with Gasteiger partial charge >= 0.3 is 0 Å². The zero-order valence-corrected chi connectivity index (χ0v) is 14.4. The Bertz CT molecular complexity index is 505. The molecule has 0 saturated carbocycles. The summed E-state index contributed by atoms with van der Waals surface area (Å²) in [6.45, 7) is 5.13. The van der Waals surface area contributed by atoms with Gasteiger partial charge in [0.05, 0.1) is 10.6 Å². The highest BCUT2D eigenvalue weighted by Gasteiger charge is 2.36. The van der Waals surface area contributed by atoms with E-state index in [9.17, 15) is 10.2 Å². The Labute approximate surface area is 141 Å². The van der Waals surface area contributed by atoms with Crippen molar-refractivity contribution in [1.29, 1.82) is 0 Å². The maximum atomic E-state index is 10.2. The molecular formula is C16H23Cl2NO3. The zero-order valence-electron chi connectivity index (χ0n) is 12.9. The fourth-order valence-electron chi connectivity index (χ4n) is 2.95. The van der Waals surface area contributed by atoms with E-state index in [-0.39, 0.29) is 12.6 Å². The third-order valence-corrected chi connectivity index (χ3v) is 4.48. The van der Waals surface area contributed by atoms with Crippen LogP contribution in [0.5, 0.6) is 5.75 Å². The zero-order chi connectivity index (χ0) is 16.3. The van der Waals surface area contributed by atoms with Crippen molar-refractivity contribution in [3.63, 3.8) is 0 Å². The molecule has 2 unspecified atom stereocenters. The normalized spacial score (nSPS) is 21.1. The van der Waals surface area contributed by atoms with Gasteiger partial charge in [0.25, 0.3) is 0 Å². The van der Waals surface area contributed by atoms with Crippen molar-refractivity contribution in [1.82, 2.24) is 4.90 Å². The summed E-state index contributed by atoms with van der Waals surface area (Å²) in [5, 5.41) is 21.3. The van der Waals surface area contributed by atoms with Gasteiger partial charge in [0.1, 0.15) is 18.5 Å². The third-order valence-electron chi connectivity index (χ3n) is 3.95. The molecule has 0 aliphatic carbocycles. The molecule has 0 spiro atoms. The number of benzene rings is 1. The van der Waals surface area contributed by atoms with Crippen molar-refractivity contribution in [3.8, 4) is 5.75 Å². The summed E-state index contributed by atoms with van der Waals surface area (Å²) in [6.07, 6.45) is 1.33. The lowest BCUT2D eigenvalue weighted by Crippen LogP contribution is -2.48. The van der Waals surface area contributed by atoms with E-state index in [4.69, 9.17) is 27.9 Å². The molecule has 2 atom stereocenters. The highest BCUT2D eigenvalue weighted by atomic mass is 35.5. The Morgan fingerprint density at radius 3 is 2.77 bits per heavy atom. The third kappa shape index (κ3) is 4.74. The number of β-amino-alcohol motifs (C(OH)–C–C–N with tert-alkyl or cyclic N) is 1. The van der Waals surface area contributed by atoms with Gasteiger partial charge in [0.2, 0.25) is 0 Å². The maximum absolute atomic E-state index is 10.2. The number of hydrogen-bond acceptors (Lipinski definition) is 4. The van der Waals surface area contributed by atoms with Gasteiger partial charge in [-0.1, -0.05) is 23.2 Å².